The number of halogens is 1. The highest BCUT2D eigenvalue weighted by molar-refractivity contribution is 9.10. The maximum Gasteiger partial charge on any atom is 0.384 e. The van der Waals surface area contributed by atoms with Crippen LogP contribution in [0.2, 0.25) is 0 Å². The van der Waals surface area contributed by atoms with Crippen LogP contribution >= 0.6 is 15.9 Å². The topological polar surface area (TPSA) is 66.8 Å². The van der Waals surface area contributed by atoms with Gasteiger partial charge in [0.1, 0.15) is 0 Å². The standard InChI is InChI=1S/C9H12BrNO4S/c1-11(2)16(13,14)15-9-4-3-7(6-12)5-8(9)10/h3-5,12H,6H2,1-2H3. The predicted octanol–water partition coefficient (Wildman–Crippen LogP) is 1.13. The Morgan fingerprint density at radius 3 is 2.50 bits per heavy atom. The zero-order chi connectivity index (χ0) is 12.3. The molecule has 0 radical (unpaired) electrons. The molecule has 0 heterocycles. The average Bonchev–Trinajstić information content (AvgIpc) is 2.20. The molecule has 0 atom stereocenters. The van der Waals surface area contributed by atoms with E-state index in [2.05, 4.69) is 15.9 Å². The van der Waals surface area contributed by atoms with Gasteiger partial charge in [-0.3, -0.25) is 0 Å². The summed E-state index contributed by atoms with van der Waals surface area (Å²) in [6, 6.07) is 4.67. The molecule has 1 aromatic rings. The van der Waals surface area contributed by atoms with Gasteiger partial charge in [0, 0.05) is 14.1 Å². The third-order valence-electron chi connectivity index (χ3n) is 1.82. The summed E-state index contributed by atoms with van der Waals surface area (Å²) in [5.74, 6) is 0.186. The maximum atomic E-state index is 11.4. The van der Waals surface area contributed by atoms with Crippen molar-refractivity contribution >= 4 is 26.2 Å². The number of aliphatic hydroxyl groups is 1. The lowest BCUT2D eigenvalue weighted by Crippen LogP contribution is -2.27. The van der Waals surface area contributed by atoms with Crippen molar-refractivity contribution in [3.05, 3.63) is 28.2 Å². The number of aliphatic hydroxyl groups excluding tert-OH is 1. The zero-order valence-corrected chi connectivity index (χ0v) is 11.2. The van der Waals surface area contributed by atoms with Crippen LogP contribution < -0.4 is 4.18 Å². The molecule has 0 fully saturated rings. The number of benzene rings is 1. The van der Waals surface area contributed by atoms with Crippen LogP contribution in [0.15, 0.2) is 22.7 Å². The van der Waals surface area contributed by atoms with Crippen molar-refractivity contribution in [1.29, 1.82) is 0 Å². The molecular formula is C9H12BrNO4S. The normalized spacial score (nSPS) is 11.8. The van der Waals surface area contributed by atoms with Crippen molar-refractivity contribution in [1.82, 2.24) is 4.31 Å². The Kier molecular flexibility index (Phi) is 4.31. The first-order valence-electron chi connectivity index (χ1n) is 4.38. The van der Waals surface area contributed by atoms with E-state index >= 15 is 0 Å². The summed E-state index contributed by atoms with van der Waals surface area (Å²) in [5.41, 5.74) is 0.668. The van der Waals surface area contributed by atoms with Gasteiger partial charge in [0.05, 0.1) is 11.1 Å². The van der Waals surface area contributed by atoms with Gasteiger partial charge in [0.2, 0.25) is 0 Å². The Hall–Kier alpha value is -0.630. The molecule has 90 valence electrons. The molecule has 16 heavy (non-hydrogen) atoms. The molecule has 0 saturated heterocycles. The van der Waals surface area contributed by atoms with E-state index in [0.717, 1.165) is 4.31 Å². The van der Waals surface area contributed by atoms with E-state index in [1.165, 1.54) is 20.2 Å². The van der Waals surface area contributed by atoms with Crippen LogP contribution in [-0.4, -0.2) is 31.9 Å². The van der Waals surface area contributed by atoms with Crippen LogP contribution in [0.4, 0.5) is 0 Å². The number of hydrogen-bond donors (Lipinski definition) is 1. The molecule has 0 amide bonds. The highest BCUT2D eigenvalue weighted by atomic mass is 79.9. The molecule has 0 aromatic heterocycles. The second kappa shape index (κ2) is 5.13. The van der Waals surface area contributed by atoms with Gasteiger partial charge in [-0.05, 0) is 33.6 Å². The van der Waals surface area contributed by atoms with Gasteiger partial charge in [-0.2, -0.15) is 12.7 Å². The lowest BCUT2D eigenvalue weighted by molar-refractivity contribution is 0.281. The molecule has 0 aliphatic rings. The molecule has 0 saturated carbocycles. The van der Waals surface area contributed by atoms with Crippen LogP contribution in [0.5, 0.6) is 5.75 Å². The van der Waals surface area contributed by atoms with E-state index in [9.17, 15) is 8.42 Å². The SMILES string of the molecule is CN(C)S(=O)(=O)Oc1ccc(CO)cc1Br. The Balaban J connectivity index is 2.99. The van der Waals surface area contributed by atoms with Crippen molar-refractivity contribution in [2.45, 2.75) is 6.61 Å². The summed E-state index contributed by atoms with van der Waals surface area (Å²) in [7, 11) is -0.992. The zero-order valence-electron chi connectivity index (χ0n) is 8.84. The first-order valence-corrected chi connectivity index (χ1v) is 6.54. The van der Waals surface area contributed by atoms with Gasteiger partial charge in [-0.15, -0.1) is 0 Å². The molecule has 0 bridgehead atoms. The van der Waals surface area contributed by atoms with E-state index in [0.29, 0.717) is 10.0 Å². The average molecular weight is 310 g/mol. The van der Waals surface area contributed by atoms with Gasteiger partial charge in [-0.1, -0.05) is 6.07 Å². The lowest BCUT2D eigenvalue weighted by Gasteiger charge is -2.13. The van der Waals surface area contributed by atoms with Crippen molar-refractivity contribution in [2.75, 3.05) is 14.1 Å². The van der Waals surface area contributed by atoms with Crippen molar-refractivity contribution in [3.8, 4) is 5.75 Å². The molecule has 5 nitrogen and oxygen atoms in total. The fraction of sp³-hybridized carbons (Fsp3) is 0.333. The quantitative estimate of drug-likeness (QED) is 0.905. The molecule has 0 aliphatic carbocycles. The Morgan fingerprint density at radius 1 is 1.44 bits per heavy atom. The third kappa shape index (κ3) is 3.18. The molecule has 1 N–H and O–H groups in total. The molecule has 1 aromatic carbocycles. The van der Waals surface area contributed by atoms with E-state index in [4.69, 9.17) is 9.29 Å². The van der Waals surface area contributed by atoms with Crippen LogP contribution in [-0.2, 0) is 16.9 Å². The van der Waals surface area contributed by atoms with E-state index < -0.39 is 10.3 Å². The molecule has 0 aliphatic heterocycles. The predicted molar refractivity (Wildman–Crippen MR) is 63.3 cm³/mol. The van der Waals surface area contributed by atoms with E-state index in [1.807, 2.05) is 0 Å². The van der Waals surface area contributed by atoms with E-state index in [-0.39, 0.29) is 12.4 Å². The van der Waals surface area contributed by atoms with Gasteiger partial charge in [0.15, 0.2) is 5.75 Å². The summed E-state index contributed by atoms with van der Waals surface area (Å²) in [6.45, 7) is -0.112. The summed E-state index contributed by atoms with van der Waals surface area (Å²) in [5, 5.41) is 8.89. The Labute approximate surface area is 103 Å². The highest BCUT2D eigenvalue weighted by Gasteiger charge is 2.17. The summed E-state index contributed by atoms with van der Waals surface area (Å²) >= 11 is 3.17. The number of hydrogen-bond acceptors (Lipinski definition) is 4. The largest absolute Gasteiger partial charge is 0.392 e. The van der Waals surface area contributed by atoms with Crippen LogP contribution in [0.3, 0.4) is 0 Å². The third-order valence-corrected chi connectivity index (χ3v) is 3.73. The van der Waals surface area contributed by atoms with Gasteiger partial charge in [-0.25, -0.2) is 0 Å². The number of rotatable bonds is 4. The van der Waals surface area contributed by atoms with Gasteiger partial charge >= 0.3 is 10.3 Å². The van der Waals surface area contributed by atoms with Crippen molar-refractivity contribution in [3.63, 3.8) is 0 Å². The fourth-order valence-electron chi connectivity index (χ4n) is 0.898. The summed E-state index contributed by atoms with van der Waals surface area (Å²) in [4.78, 5) is 0. The monoisotopic (exact) mass is 309 g/mol. The maximum absolute atomic E-state index is 11.4. The number of nitrogens with zero attached hydrogens (tertiary/aromatic N) is 1. The fourth-order valence-corrected chi connectivity index (χ4v) is 2.03. The minimum absolute atomic E-state index is 0.112. The second-order valence-electron chi connectivity index (χ2n) is 3.25. The van der Waals surface area contributed by atoms with Crippen LogP contribution in [0.1, 0.15) is 5.56 Å². The van der Waals surface area contributed by atoms with Crippen LogP contribution in [0, 0.1) is 0 Å². The van der Waals surface area contributed by atoms with Gasteiger partial charge < -0.3 is 9.29 Å². The van der Waals surface area contributed by atoms with Crippen molar-refractivity contribution in [2.24, 2.45) is 0 Å². The summed E-state index contributed by atoms with van der Waals surface area (Å²) in [6.07, 6.45) is 0. The van der Waals surface area contributed by atoms with Crippen molar-refractivity contribution < 1.29 is 17.7 Å². The smallest absolute Gasteiger partial charge is 0.384 e. The molecule has 0 spiro atoms. The Bertz CT molecular complexity index is 472. The Morgan fingerprint density at radius 2 is 2.06 bits per heavy atom. The lowest BCUT2D eigenvalue weighted by atomic mass is 10.2. The van der Waals surface area contributed by atoms with Crippen LogP contribution in [0.25, 0.3) is 0 Å². The molecule has 1 rings (SSSR count). The first kappa shape index (κ1) is 13.4. The molecule has 0 unspecified atom stereocenters. The minimum Gasteiger partial charge on any atom is -0.392 e. The molecule has 7 heteroatoms. The first-order chi connectivity index (χ1) is 7.36. The van der Waals surface area contributed by atoms with E-state index in [1.54, 1.807) is 12.1 Å². The second-order valence-corrected chi connectivity index (χ2v) is 5.85. The highest BCUT2D eigenvalue weighted by Crippen LogP contribution is 2.27. The minimum atomic E-state index is -3.75. The molecular weight excluding hydrogens is 298 g/mol. The van der Waals surface area contributed by atoms with Gasteiger partial charge in [0.25, 0.3) is 0 Å². The summed E-state index contributed by atoms with van der Waals surface area (Å²) < 4.78 is 29.2.